The van der Waals surface area contributed by atoms with Crippen molar-refractivity contribution in [3.8, 4) is 0 Å². The van der Waals surface area contributed by atoms with Gasteiger partial charge in [-0.1, -0.05) is 17.7 Å². The smallest absolute Gasteiger partial charge is 0.352 e. The molecule has 0 heterocycles. The summed E-state index contributed by atoms with van der Waals surface area (Å²) in [5, 5.41) is 11.0. The Kier molecular flexibility index (Phi) is 4.23. The lowest BCUT2D eigenvalue weighted by atomic mass is 10.0. The topological polar surface area (TPSA) is 66.4 Å². The van der Waals surface area contributed by atoms with Gasteiger partial charge in [0.15, 0.2) is 0 Å². The third-order valence-electron chi connectivity index (χ3n) is 2.13. The van der Waals surface area contributed by atoms with Crippen molar-refractivity contribution >= 4 is 29.6 Å². The Morgan fingerprint density at radius 3 is 2.65 bits per heavy atom. The molecule has 0 fully saturated rings. The number of halogens is 2. The fraction of sp³-hybridized carbons (Fsp3) is 0.0909. The molecule has 6 heteroatoms. The fourth-order valence-corrected chi connectivity index (χ4v) is 1.68. The van der Waals surface area contributed by atoms with Crippen molar-refractivity contribution in [3.05, 3.63) is 40.3 Å². The maximum absolute atomic E-state index is 13.5. The lowest BCUT2D eigenvalue weighted by Gasteiger charge is -2.09. The van der Waals surface area contributed by atoms with Crippen LogP contribution in [0.5, 0.6) is 0 Å². The second-order valence-electron chi connectivity index (χ2n) is 3.16. The molecule has 0 aliphatic heterocycles. The van der Waals surface area contributed by atoms with E-state index in [1.54, 1.807) is 0 Å². The summed E-state index contributed by atoms with van der Waals surface area (Å²) < 4.78 is 13.5. The predicted molar refractivity (Wildman–Crippen MR) is 60.8 cm³/mol. The standard InChI is InChI=1S/C11H9ClFNO3/c1-6(10(11(16)17)14-5-15)9-7(12)3-2-4-8(9)13/h2-5H,1H3,(H,14,15)(H,16,17). The molecular weight excluding hydrogens is 249 g/mol. The van der Waals surface area contributed by atoms with Gasteiger partial charge in [-0.15, -0.1) is 0 Å². The summed E-state index contributed by atoms with van der Waals surface area (Å²) in [6, 6.07) is 4.00. The van der Waals surface area contributed by atoms with Crippen molar-refractivity contribution in [1.82, 2.24) is 5.32 Å². The average molecular weight is 258 g/mol. The van der Waals surface area contributed by atoms with Crippen LogP contribution in [0, 0.1) is 5.82 Å². The summed E-state index contributed by atoms with van der Waals surface area (Å²) in [4.78, 5) is 21.2. The predicted octanol–water partition coefficient (Wildman–Crippen LogP) is 2.04. The molecule has 0 aliphatic rings. The minimum absolute atomic E-state index is 0.0408. The molecule has 2 N–H and O–H groups in total. The second kappa shape index (κ2) is 5.45. The highest BCUT2D eigenvalue weighted by Crippen LogP contribution is 2.27. The van der Waals surface area contributed by atoms with Crippen LogP contribution in [0.3, 0.4) is 0 Å². The largest absolute Gasteiger partial charge is 0.477 e. The molecule has 0 saturated carbocycles. The minimum atomic E-state index is -1.37. The lowest BCUT2D eigenvalue weighted by molar-refractivity contribution is -0.133. The van der Waals surface area contributed by atoms with E-state index in [2.05, 4.69) is 0 Å². The first-order chi connectivity index (χ1) is 7.99. The molecule has 1 rings (SSSR count). The molecule has 0 unspecified atom stereocenters. The first-order valence-electron chi connectivity index (χ1n) is 4.57. The van der Waals surface area contributed by atoms with Gasteiger partial charge in [-0.3, -0.25) is 4.79 Å². The summed E-state index contributed by atoms with van der Waals surface area (Å²) in [5.41, 5.74) is -0.402. The van der Waals surface area contributed by atoms with Crippen molar-refractivity contribution in [1.29, 1.82) is 0 Å². The van der Waals surface area contributed by atoms with Crippen molar-refractivity contribution in [2.24, 2.45) is 0 Å². The van der Waals surface area contributed by atoms with Crippen LogP contribution in [-0.4, -0.2) is 17.5 Å². The van der Waals surface area contributed by atoms with Crippen LogP contribution in [0.2, 0.25) is 5.02 Å². The third kappa shape index (κ3) is 2.82. The number of carbonyl (C=O) groups excluding carboxylic acids is 1. The van der Waals surface area contributed by atoms with E-state index in [1.807, 2.05) is 5.32 Å². The van der Waals surface area contributed by atoms with Gasteiger partial charge in [0, 0.05) is 5.56 Å². The number of nitrogens with one attached hydrogen (secondary N) is 1. The molecule has 0 radical (unpaired) electrons. The van der Waals surface area contributed by atoms with Gasteiger partial charge in [0.25, 0.3) is 0 Å². The van der Waals surface area contributed by atoms with E-state index in [-0.39, 0.29) is 22.6 Å². The summed E-state index contributed by atoms with van der Waals surface area (Å²) in [5.74, 6) is -2.02. The normalized spacial score (nSPS) is 11.7. The van der Waals surface area contributed by atoms with Gasteiger partial charge in [-0.2, -0.15) is 0 Å². The van der Waals surface area contributed by atoms with Crippen molar-refractivity contribution < 1.29 is 19.1 Å². The van der Waals surface area contributed by atoms with Crippen molar-refractivity contribution in [2.75, 3.05) is 0 Å². The molecule has 1 amide bonds. The molecular formula is C11H9ClFNO3. The Morgan fingerprint density at radius 1 is 1.53 bits per heavy atom. The number of carboxylic acid groups (broad SMARTS) is 1. The number of carboxylic acids is 1. The number of benzene rings is 1. The van der Waals surface area contributed by atoms with Gasteiger partial charge in [-0.05, 0) is 24.6 Å². The quantitative estimate of drug-likeness (QED) is 0.641. The first kappa shape index (κ1) is 13.2. The van der Waals surface area contributed by atoms with Crippen LogP contribution >= 0.6 is 11.6 Å². The Balaban J connectivity index is 3.43. The molecule has 0 bridgehead atoms. The average Bonchev–Trinajstić information content (AvgIpc) is 2.24. The van der Waals surface area contributed by atoms with Gasteiger partial charge in [0.1, 0.15) is 11.5 Å². The van der Waals surface area contributed by atoms with E-state index in [0.717, 1.165) is 6.07 Å². The number of rotatable bonds is 4. The number of hydrogen-bond acceptors (Lipinski definition) is 2. The molecule has 90 valence electrons. The first-order valence-corrected chi connectivity index (χ1v) is 4.95. The van der Waals surface area contributed by atoms with E-state index in [0.29, 0.717) is 0 Å². The Labute approximate surface area is 102 Å². The monoisotopic (exact) mass is 257 g/mol. The summed E-state index contributed by atoms with van der Waals surface area (Å²) >= 11 is 5.79. The van der Waals surface area contributed by atoms with Crippen LogP contribution in [-0.2, 0) is 9.59 Å². The molecule has 1 aromatic carbocycles. The molecule has 0 aromatic heterocycles. The maximum Gasteiger partial charge on any atom is 0.352 e. The zero-order valence-corrected chi connectivity index (χ0v) is 9.58. The summed E-state index contributed by atoms with van der Waals surface area (Å²) in [6.07, 6.45) is 0.210. The highest BCUT2D eigenvalue weighted by Gasteiger charge is 2.17. The molecule has 0 aliphatic carbocycles. The number of carbonyl (C=O) groups is 2. The number of allylic oxidation sites excluding steroid dienone is 1. The Hall–Kier alpha value is -1.88. The molecule has 0 spiro atoms. The molecule has 4 nitrogen and oxygen atoms in total. The van der Waals surface area contributed by atoms with E-state index in [4.69, 9.17) is 16.7 Å². The van der Waals surface area contributed by atoms with Crippen LogP contribution in [0.15, 0.2) is 23.9 Å². The number of aliphatic carboxylic acids is 1. The van der Waals surface area contributed by atoms with Crippen LogP contribution in [0.25, 0.3) is 5.57 Å². The van der Waals surface area contributed by atoms with Crippen LogP contribution in [0.4, 0.5) is 4.39 Å². The van der Waals surface area contributed by atoms with E-state index in [9.17, 15) is 14.0 Å². The van der Waals surface area contributed by atoms with Gasteiger partial charge in [-0.25, -0.2) is 9.18 Å². The highest BCUT2D eigenvalue weighted by atomic mass is 35.5. The summed E-state index contributed by atoms with van der Waals surface area (Å²) in [6.45, 7) is 1.37. The van der Waals surface area contributed by atoms with Crippen LogP contribution < -0.4 is 5.32 Å². The third-order valence-corrected chi connectivity index (χ3v) is 2.44. The van der Waals surface area contributed by atoms with E-state index >= 15 is 0 Å². The number of hydrogen-bond donors (Lipinski definition) is 2. The highest BCUT2D eigenvalue weighted by molar-refractivity contribution is 6.32. The molecule has 17 heavy (non-hydrogen) atoms. The molecule has 0 saturated heterocycles. The zero-order valence-electron chi connectivity index (χ0n) is 8.83. The van der Waals surface area contributed by atoms with Crippen molar-refractivity contribution in [3.63, 3.8) is 0 Å². The Morgan fingerprint density at radius 2 is 2.18 bits per heavy atom. The van der Waals surface area contributed by atoms with Gasteiger partial charge < -0.3 is 10.4 Å². The van der Waals surface area contributed by atoms with Crippen molar-refractivity contribution in [2.45, 2.75) is 6.92 Å². The van der Waals surface area contributed by atoms with Gasteiger partial charge in [0.05, 0.1) is 5.02 Å². The Bertz CT molecular complexity index is 479. The van der Waals surface area contributed by atoms with Gasteiger partial charge in [0.2, 0.25) is 6.41 Å². The van der Waals surface area contributed by atoms with Crippen LogP contribution in [0.1, 0.15) is 12.5 Å². The lowest BCUT2D eigenvalue weighted by Crippen LogP contribution is -2.20. The zero-order chi connectivity index (χ0) is 13.0. The SMILES string of the molecule is CC(=C(NC=O)C(=O)O)c1c(F)cccc1Cl. The summed E-state index contributed by atoms with van der Waals surface area (Å²) in [7, 11) is 0. The van der Waals surface area contributed by atoms with E-state index in [1.165, 1.54) is 19.1 Å². The molecule has 0 atom stereocenters. The van der Waals surface area contributed by atoms with Gasteiger partial charge >= 0.3 is 5.97 Å². The molecule has 1 aromatic rings. The number of amides is 1. The van der Waals surface area contributed by atoms with E-state index < -0.39 is 17.5 Å². The maximum atomic E-state index is 13.5. The minimum Gasteiger partial charge on any atom is -0.477 e. The fourth-order valence-electron chi connectivity index (χ4n) is 1.37. The second-order valence-corrected chi connectivity index (χ2v) is 3.57.